The van der Waals surface area contributed by atoms with Gasteiger partial charge in [0.25, 0.3) is 0 Å². The average Bonchev–Trinajstić information content (AvgIpc) is 3.63. The van der Waals surface area contributed by atoms with Crippen LogP contribution >= 0.6 is 7.44 Å². The van der Waals surface area contributed by atoms with Crippen molar-refractivity contribution in [2.45, 2.75) is 20.8 Å². The highest BCUT2D eigenvalue weighted by Gasteiger charge is 2.49. The predicted octanol–water partition coefficient (Wildman–Crippen LogP) is 12.6. The van der Waals surface area contributed by atoms with E-state index in [4.69, 9.17) is 0 Å². The van der Waals surface area contributed by atoms with E-state index in [1.54, 1.807) is 0 Å². The maximum atomic E-state index is 16.1. The molecule has 1 aliphatic rings. The molecule has 246 valence electrons. The standard InChI is InChI=1S/C45H40N3OP/c1-5-9-20-36(8-4)46-42-27-18-17-26-40(42)41-32-34(28-30-43(41)46)35-29-31-44-45(33-35)48(38-22-13-11-14-23-38)50(49,39-24-15-12-16-25-39)47(44)37(19-7-3)21-10-6-2/h5-33H,4H2,1-3H3/b9-5-,10-6-,19-7-,36-20+,37-21+. The molecule has 6 aromatic rings. The molecule has 0 bridgehead atoms. The van der Waals surface area contributed by atoms with Gasteiger partial charge in [-0.1, -0.05) is 104 Å². The smallest absolute Gasteiger partial charge is 0.301 e. The van der Waals surface area contributed by atoms with Crippen molar-refractivity contribution in [1.82, 2.24) is 4.57 Å². The van der Waals surface area contributed by atoms with Crippen LogP contribution in [0.2, 0.25) is 0 Å². The predicted molar refractivity (Wildman–Crippen MR) is 217 cm³/mol. The summed E-state index contributed by atoms with van der Waals surface area (Å²) in [7, 11) is -3.49. The Morgan fingerprint density at radius 1 is 0.620 bits per heavy atom. The number of fused-ring (bicyclic) bond motifs is 4. The van der Waals surface area contributed by atoms with Gasteiger partial charge in [0.1, 0.15) is 0 Å². The lowest BCUT2D eigenvalue weighted by molar-refractivity contribution is 0.582. The molecule has 5 heteroatoms. The van der Waals surface area contributed by atoms with Crippen LogP contribution < -0.4 is 14.6 Å². The Hall–Kier alpha value is -5.83. The van der Waals surface area contributed by atoms with Crippen molar-refractivity contribution in [2.24, 2.45) is 0 Å². The minimum atomic E-state index is -3.49. The first kappa shape index (κ1) is 32.7. The van der Waals surface area contributed by atoms with E-state index in [0.29, 0.717) is 0 Å². The van der Waals surface area contributed by atoms with Crippen LogP contribution in [0, 0.1) is 0 Å². The first-order chi connectivity index (χ1) is 24.5. The zero-order chi connectivity index (χ0) is 34.7. The van der Waals surface area contributed by atoms with E-state index in [9.17, 15) is 0 Å². The maximum absolute atomic E-state index is 16.1. The highest BCUT2D eigenvalue weighted by Crippen LogP contribution is 2.69. The van der Waals surface area contributed by atoms with E-state index < -0.39 is 7.44 Å². The number of hydrogen-bond donors (Lipinski definition) is 0. The van der Waals surface area contributed by atoms with Gasteiger partial charge in [-0.05, 0) is 111 Å². The number of benzene rings is 5. The van der Waals surface area contributed by atoms with Crippen molar-refractivity contribution in [3.05, 3.63) is 188 Å². The molecule has 0 radical (unpaired) electrons. The minimum absolute atomic E-state index is 0.760. The van der Waals surface area contributed by atoms with Crippen LogP contribution in [0.25, 0.3) is 38.6 Å². The number of hydrogen-bond acceptors (Lipinski definition) is 1. The molecule has 0 amide bonds. The third kappa shape index (κ3) is 5.48. The van der Waals surface area contributed by atoms with Crippen LogP contribution in [0.4, 0.5) is 17.1 Å². The van der Waals surface area contributed by atoms with Gasteiger partial charge in [-0.3, -0.25) is 13.9 Å². The maximum Gasteiger partial charge on any atom is 0.301 e. The van der Waals surface area contributed by atoms with Crippen molar-refractivity contribution in [1.29, 1.82) is 0 Å². The fourth-order valence-corrected chi connectivity index (χ4v) is 9.88. The van der Waals surface area contributed by atoms with E-state index in [0.717, 1.165) is 61.3 Å². The molecule has 0 spiro atoms. The molecule has 0 aliphatic carbocycles. The normalized spacial score (nSPS) is 16.9. The highest BCUT2D eigenvalue weighted by atomic mass is 31.2. The number of para-hydroxylation sites is 2. The van der Waals surface area contributed by atoms with Crippen LogP contribution in [0.15, 0.2) is 188 Å². The third-order valence-corrected chi connectivity index (χ3v) is 12.0. The Morgan fingerprint density at radius 2 is 1.24 bits per heavy atom. The van der Waals surface area contributed by atoms with Crippen LogP contribution in [-0.4, -0.2) is 4.57 Å². The molecule has 0 N–H and O–H groups in total. The molecule has 5 aromatic carbocycles. The van der Waals surface area contributed by atoms with Gasteiger partial charge in [0.15, 0.2) is 0 Å². The second-order valence-electron chi connectivity index (χ2n) is 12.1. The number of allylic oxidation sites excluding steroid dienone is 10. The number of aromatic nitrogens is 1. The fraction of sp³-hybridized carbons (Fsp3) is 0.0667. The summed E-state index contributed by atoms with van der Waals surface area (Å²) in [5.41, 5.74) is 8.88. The molecule has 50 heavy (non-hydrogen) atoms. The summed E-state index contributed by atoms with van der Waals surface area (Å²) >= 11 is 0. The van der Waals surface area contributed by atoms with Crippen LogP contribution in [0.5, 0.6) is 0 Å². The average molecular weight is 670 g/mol. The topological polar surface area (TPSA) is 28.5 Å². The first-order valence-electron chi connectivity index (χ1n) is 17.0. The summed E-state index contributed by atoms with van der Waals surface area (Å²) in [5.74, 6) is 0. The Balaban J connectivity index is 1.48. The van der Waals surface area contributed by atoms with Crippen molar-refractivity contribution in [3.63, 3.8) is 0 Å². The van der Waals surface area contributed by atoms with E-state index in [-0.39, 0.29) is 0 Å². The van der Waals surface area contributed by atoms with E-state index in [2.05, 4.69) is 82.6 Å². The summed E-state index contributed by atoms with van der Waals surface area (Å²) in [4.78, 5) is 0. The van der Waals surface area contributed by atoms with Crippen LogP contribution in [0.1, 0.15) is 20.8 Å². The largest absolute Gasteiger partial charge is 0.309 e. The third-order valence-electron chi connectivity index (χ3n) is 9.04. The number of nitrogens with zero attached hydrogens (tertiary/aromatic N) is 3. The number of anilines is 3. The lowest BCUT2D eigenvalue weighted by Gasteiger charge is -2.33. The van der Waals surface area contributed by atoms with Crippen molar-refractivity contribution in [3.8, 4) is 11.1 Å². The lowest BCUT2D eigenvalue weighted by Crippen LogP contribution is -2.28. The van der Waals surface area contributed by atoms with E-state index in [1.807, 2.05) is 135 Å². The SMILES string of the molecule is C=C/C(=C\C=C/C)n1c2ccccc2c2cc(-c3ccc4c(c3)N(c3ccccc3)P(=O)(c3ccccc3)N4C(/C=C\C)=C/C=C\C)ccc21. The van der Waals surface area contributed by atoms with E-state index in [1.165, 1.54) is 5.39 Å². The molecule has 7 rings (SSSR count). The van der Waals surface area contributed by atoms with Gasteiger partial charge in [0, 0.05) is 27.9 Å². The molecule has 1 unspecified atom stereocenters. The second-order valence-corrected chi connectivity index (χ2v) is 14.5. The van der Waals surface area contributed by atoms with Gasteiger partial charge in [0.2, 0.25) is 0 Å². The summed E-state index contributed by atoms with van der Waals surface area (Å²) < 4.78 is 22.5. The van der Waals surface area contributed by atoms with Gasteiger partial charge < -0.3 is 4.57 Å². The Bertz CT molecular complexity index is 2410. The zero-order valence-electron chi connectivity index (χ0n) is 28.6. The lowest BCUT2D eigenvalue weighted by atomic mass is 10.0. The van der Waals surface area contributed by atoms with Crippen molar-refractivity contribution in [2.75, 3.05) is 9.34 Å². The molecular weight excluding hydrogens is 629 g/mol. The molecule has 1 aliphatic heterocycles. The van der Waals surface area contributed by atoms with Gasteiger partial charge in [-0.2, -0.15) is 0 Å². The first-order valence-corrected chi connectivity index (χ1v) is 18.6. The monoisotopic (exact) mass is 669 g/mol. The molecule has 4 nitrogen and oxygen atoms in total. The fourth-order valence-electron chi connectivity index (χ4n) is 6.87. The summed E-state index contributed by atoms with van der Waals surface area (Å²) in [6.45, 7) is 10.1. The Kier molecular flexibility index (Phi) is 9.13. The van der Waals surface area contributed by atoms with E-state index >= 15 is 4.57 Å². The van der Waals surface area contributed by atoms with Crippen LogP contribution in [-0.2, 0) is 4.57 Å². The summed E-state index contributed by atoms with van der Waals surface area (Å²) in [5, 5.41) is 3.10. The molecule has 1 aromatic heterocycles. The second kappa shape index (κ2) is 14.0. The number of rotatable bonds is 9. The molecule has 0 saturated heterocycles. The molecule has 1 atom stereocenters. The minimum Gasteiger partial charge on any atom is -0.309 e. The molecule has 2 heterocycles. The van der Waals surface area contributed by atoms with Gasteiger partial charge >= 0.3 is 7.44 Å². The zero-order valence-corrected chi connectivity index (χ0v) is 29.5. The van der Waals surface area contributed by atoms with Crippen LogP contribution in [0.3, 0.4) is 0 Å². The quantitative estimate of drug-likeness (QED) is 0.113. The van der Waals surface area contributed by atoms with Crippen molar-refractivity contribution < 1.29 is 4.57 Å². The van der Waals surface area contributed by atoms with Gasteiger partial charge in [-0.15, -0.1) is 0 Å². The Labute approximate surface area is 295 Å². The molecule has 0 saturated carbocycles. The summed E-state index contributed by atoms with van der Waals surface area (Å²) in [6.07, 6.45) is 18.1. The highest BCUT2D eigenvalue weighted by molar-refractivity contribution is 7.75. The van der Waals surface area contributed by atoms with Gasteiger partial charge in [-0.25, -0.2) is 0 Å². The van der Waals surface area contributed by atoms with Crippen molar-refractivity contribution >= 4 is 57.3 Å². The Morgan fingerprint density at radius 3 is 1.94 bits per heavy atom. The summed E-state index contributed by atoms with van der Waals surface area (Å²) in [6, 6.07) is 41.6. The molecular formula is C45H40N3OP. The van der Waals surface area contributed by atoms with Gasteiger partial charge in [0.05, 0.1) is 27.7 Å². The molecule has 0 fully saturated rings.